The molecule has 0 aromatic rings. The highest BCUT2D eigenvalue weighted by Crippen LogP contribution is 2.17. The topological polar surface area (TPSA) is 17.1 Å². The lowest BCUT2D eigenvalue weighted by atomic mass is 10.0. The number of carbonyl (C=O) groups is 1. The van der Waals surface area contributed by atoms with Crippen LogP contribution in [0.4, 0.5) is 0 Å². The SMILES string of the molecule is CC(C=O)CC1=CC=CC1. The van der Waals surface area contributed by atoms with E-state index in [1.807, 2.05) is 13.0 Å². The predicted octanol–water partition coefficient (Wildman–Crippen LogP) is 2.10. The van der Waals surface area contributed by atoms with Gasteiger partial charge < -0.3 is 4.79 Å². The van der Waals surface area contributed by atoms with Crippen LogP contribution in [0.25, 0.3) is 0 Å². The van der Waals surface area contributed by atoms with Gasteiger partial charge in [-0.25, -0.2) is 0 Å². The van der Waals surface area contributed by atoms with Gasteiger partial charge in [-0.2, -0.15) is 0 Å². The van der Waals surface area contributed by atoms with Gasteiger partial charge in [0.15, 0.2) is 0 Å². The van der Waals surface area contributed by atoms with E-state index in [4.69, 9.17) is 0 Å². The van der Waals surface area contributed by atoms with Crippen molar-refractivity contribution < 1.29 is 4.79 Å². The van der Waals surface area contributed by atoms with Crippen molar-refractivity contribution in [3.05, 3.63) is 23.8 Å². The average Bonchev–Trinajstić information content (AvgIpc) is 2.40. The highest BCUT2D eigenvalue weighted by molar-refractivity contribution is 5.53. The van der Waals surface area contributed by atoms with Gasteiger partial charge in [0, 0.05) is 5.92 Å². The highest BCUT2D eigenvalue weighted by Gasteiger charge is 2.04. The molecule has 54 valence electrons. The van der Waals surface area contributed by atoms with Crippen molar-refractivity contribution in [1.82, 2.24) is 0 Å². The lowest BCUT2D eigenvalue weighted by Crippen LogP contribution is -1.96. The van der Waals surface area contributed by atoms with Crippen molar-refractivity contribution in [2.45, 2.75) is 19.8 Å². The van der Waals surface area contributed by atoms with Crippen LogP contribution in [0, 0.1) is 5.92 Å². The van der Waals surface area contributed by atoms with E-state index in [2.05, 4.69) is 12.2 Å². The van der Waals surface area contributed by atoms with Crippen LogP contribution in [-0.4, -0.2) is 6.29 Å². The Morgan fingerprint density at radius 2 is 2.60 bits per heavy atom. The normalized spacial score (nSPS) is 18.7. The molecule has 1 atom stereocenters. The molecule has 0 amide bonds. The van der Waals surface area contributed by atoms with Crippen molar-refractivity contribution in [3.8, 4) is 0 Å². The summed E-state index contributed by atoms with van der Waals surface area (Å²) in [7, 11) is 0. The maximum absolute atomic E-state index is 10.2. The molecular weight excluding hydrogens is 124 g/mol. The summed E-state index contributed by atoms with van der Waals surface area (Å²) in [5, 5.41) is 0. The largest absolute Gasteiger partial charge is 0.303 e. The van der Waals surface area contributed by atoms with Crippen molar-refractivity contribution in [2.24, 2.45) is 5.92 Å². The number of carbonyl (C=O) groups excluding carboxylic acids is 1. The number of allylic oxidation sites excluding steroid dienone is 4. The maximum atomic E-state index is 10.2. The number of rotatable bonds is 3. The second-order valence-electron chi connectivity index (χ2n) is 2.77. The summed E-state index contributed by atoms with van der Waals surface area (Å²) < 4.78 is 0. The first kappa shape index (κ1) is 7.26. The summed E-state index contributed by atoms with van der Waals surface area (Å²) in [5.74, 6) is 0.186. The maximum Gasteiger partial charge on any atom is 0.123 e. The summed E-state index contributed by atoms with van der Waals surface area (Å²) in [6, 6.07) is 0. The summed E-state index contributed by atoms with van der Waals surface area (Å²) in [5.41, 5.74) is 1.37. The fourth-order valence-corrected chi connectivity index (χ4v) is 1.10. The van der Waals surface area contributed by atoms with Gasteiger partial charge in [-0.05, 0) is 12.8 Å². The molecule has 0 fully saturated rings. The summed E-state index contributed by atoms with van der Waals surface area (Å²) >= 11 is 0. The van der Waals surface area contributed by atoms with Gasteiger partial charge in [0.25, 0.3) is 0 Å². The average molecular weight is 136 g/mol. The highest BCUT2D eigenvalue weighted by atomic mass is 16.1. The van der Waals surface area contributed by atoms with Crippen LogP contribution in [0.5, 0.6) is 0 Å². The molecule has 0 saturated heterocycles. The number of hydrogen-bond acceptors (Lipinski definition) is 1. The predicted molar refractivity (Wildman–Crippen MR) is 41.7 cm³/mol. The van der Waals surface area contributed by atoms with E-state index in [9.17, 15) is 4.79 Å². The first-order valence-electron chi connectivity index (χ1n) is 3.63. The van der Waals surface area contributed by atoms with Crippen LogP contribution in [0.1, 0.15) is 19.8 Å². The van der Waals surface area contributed by atoms with Gasteiger partial charge >= 0.3 is 0 Å². The molecule has 0 radical (unpaired) electrons. The quantitative estimate of drug-likeness (QED) is 0.543. The molecule has 0 heterocycles. The molecule has 1 aliphatic carbocycles. The fraction of sp³-hybridized carbons (Fsp3) is 0.444. The third-order valence-electron chi connectivity index (χ3n) is 1.66. The van der Waals surface area contributed by atoms with Gasteiger partial charge in [-0.3, -0.25) is 0 Å². The van der Waals surface area contributed by atoms with E-state index in [1.165, 1.54) is 5.57 Å². The monoisotopic (exact) mass is 136 g/mol. The third kappa shape index (κ3) is 1.83. The Kier molecular flexibility index (Phi) is 2.43. The minimum Gasteiger partial charge on any atom is -0.303 e. The molecule has 1 rings (SSSR count). The Morgan fingerprint density at radius 3 is 3.10 bits per heavy atom. The minimum absolute atomic E-state index is 0.186. The summed E-state index contributed by atoms with van der Waals surface area (Å²) in [6.45, 7) is 1.95. The van der Waals surface area contributed by atoms with E-state index >= 15 is 0 Å². The van der Waals surface area contributed by atoms with Gasteiger partial charge in [0.1, 0.15) is 6.29 Å². The van der Waals surface area contributed by atoms with Crippen molar-refractivity contribution in [3.63, 3.8) is 0 Å². The Morgan fingerprint density at radius 1 is 1.80 bits per heavy atom. The second kappa shape index (κ2) is 3.35. The van der Waals surface area contributed by atoms with Crippen molar-refractivity contribution in [2.75, 3.05) is 0 Å². The number of aldehydes is 1. The van der Waals surface area contributed by atoms with Gasteiger partial charge in [-0.1, -0.05) is 30.7 Å². The molecule has 0 aromatic heterocycles. The van der Waals surface area contributed by atoms with E-state index in [0.717, 1.165) is 19.1 Å². The van der Waals surface area contributed by atoms with Crippen molar-refractivity contribution >= 4 is 6.29 Å². The van der Waals surface area contributed by atoms with Crippen LogP contribution in [0.2, 0.25) is 0 Å². The molecule has 0 N–H and O–H groups in total. The van der Waals surface area contributed by atoms with E-state index < -0.39 is 0 Å². The molecule has 0 aromatic carbocycles. The zero-order valence-electron chi connectivity index (χ0n) is 6.21. The first-order valence-corrected chi connectivity index (χ1v) is 3.63. The molecule has 1 unspecified atom stereocenters. The lowest BCUT2D eigenvalue weighted by Gasteiger charge is -2.02. The zero-order valence-corrected chi connectivity index (χ0v) is 6.21. The van der Waals surface area contributed by atoms with Crippen LogP contribution in [-0.2, 0) is 4.79 Å². The van der Waals surface area contributed by atoms with Crippen LogP contribution in [0.15, 0.2) is 23.8 Å². The van der Waals surface area contributed by atoms with Crippen LogP contribution < -0.4 is 0 Å². The molecule has 0 aliphatic heterocycles. The molecule has 0 bridgehead atoms. The molecule has 0 spiro atoms. The van der Waals surface area contributed by atoms with Crippen LogP contribution >= 0.6 is 0 Å². The molecule has 10 heavy (non-hydrogen) atoms. The molecular formula is C9H12O. The van der Waals surface area contributed by atoms with Crippen LogP contribution in [0.3, 0.4) is 0 Å². The van der Waals surface area contributed by atoms with Gasteiger partial charge in [-0.15, -0.1) is 0 Å². The standard InChI is InChI=1S/C9H12O/c1-8(7-10)6-9-4-2-3-5-9/h2-4,7-8H,5-6H2,1H3. The molecule has 1 nitrogen and oxygen atoms in total. The Hall–Kier alpha value is -0.850. The molecule has 1 aliphatic rings. The van der Waals surface area contributed by atoms with Gasteiger partial charge in [0.05, 0.1) is 0 Å². The minimum atomic E-state index is 0.186. The van der Waals surface area contributed by atoms with E-state index in [0.29, 0.717) is 0 Å². The Balaban J connectivity index is 2.32. The summed E-state index contributed by atoms with van der Waals surface area (Å²) in [6.07, 6.45) is 9.24. The Bertz CT molecular complexity index is 177. The smallest absolute Gasteiger partial charge is 0.123 e. The van der Waals surface area contributed by atoms with Gasteiger partial charge in [0.2, 0.25) is 0 Å². The summed E-state index contributed by atoms with van der Waals surface area (Å²) in [4.78, 5) is 10.2. The Labute approximate surface area is 61.4 Å². The second-order valence-corrected chi connectivity index (χ2v) is 2.77. The fourth-order valence-electron chi connectivity index (χ4n) is 1.10. The lowest BCUT2D eigenvalue weighted by molar-refractivity contribution is -0.110. The van der Waals surface area contributed by atoms with E-state index in [-0.39, 0.29) is 5.92 Å². The van der Waals surface area contributed by atoms with E-state index in [1.54, 1.807) is 0 Å². The van der Waals surface area contributed by atoms with Crippen molar-refractivity contribution in [1.29, 1.82) is 0 Å². The molecule has 0 saturated carbocycles. The number of hydrogen-bond donors (Lipinski definition) is 0. The first-order chi connectivity index (χ1) is 4.83. The zero-order chi connectivity index (χ0) is 7.40. The third-order valence-corrected chi connectivity index (χ3v) is 1.66. The molecule has 1 heteroatoms.